The van der Waals surface area contributed by atoms with Crippen LogP contribution in [-0.2, 0) is 40.2 Å². The number of nitrogens with one attached hydrogen (secondary N) is 4. The van der Waals surface area contributed by atoms with E-state index in [1.807, 2.05) is 103 Å². The molecular weight excluding hydrogens is 1390 g/mol. The van der Waals surface area contributed by atoms with Gasteiger partial charge < -0.3 is 69.2 Å². The Labute approximate surface area is 632 Å². The number of ether oxygens (including phenoxy) is 3. The van der Waals surface area contributed by atoms with E-state index in [2.05, 4.69) is 73.8 Å². The van der Waals surface area contributed by atoms with Crippen LogP contribution in [0.15, 0.2) is 193 Å². The number of anilines is 3. The van der Waals surface area contributed by atoms with Crippen LogP contribution < -0.4 is 79.7 Å². The molecule has 34 heteroatoms. The van der Waals surface area contributed by atoms with Crippen LogP contribution in [0.25, 0.3) is 11.4 Å². The maximum atomic E-state index is 13.2. The van der Waals surface area contributed by atoms with Crippen LogP contribution in [0.2, 0.25) is 0 Å². The van der Waals surface area contributed by atoms with Gasteiger partial charge in [0.15, 0.2) is 22.9 Å². The van der Waals surface area contributed by atoms with Gasteiger partial charge in [-0.25, -0.2) is 4.68 Å². The molecule has 4 aliphatic rings. The quantitative estimate of drug-likeness (QED) is 0.0665. The molecule has 0 spiro atoms. The van der Waals surface area contributed by atoms with Gasteiger partial charge in [-0.05, 0) is 86.9 Å². The molecule has 7 amide bonds. The Morgan fingerprint density at radius 1 is 0.514 bits per heavy atom. The van der Waals surface area contributed by atoms with E-state index in [1.165, 1.54) is 25.4 Å². The number of likely N-dealkylation sites (N-methyl/N-ethyl adjacent to an activating group) is 3. The molecule has 0 saturated carbocycles. The first-order valence-electron chi connectivity index (χ1n) is 32.8. The molecule has 107 heavy (non-hydrogen) atoms. The summed E-state index contributed by atoms with van der Waals surface area (Å²) in [6.07, 6.45) is 1.94. The van der Waals surface area contributed by atoms with Crippen LogP contribution in [0.3, 0.4) is 0 Å². The van der Waals surface area contributed by atoms with E-state index in [9.17, 15) is 33.6 Å². The third-order valence-electron chi connectivity index (χ3n) is 16.8. The summed E-state index contributed by atoms with van der Waals surface area (Å²) in [4.78, 5) is 94.3. The van der Waals surface area contributed by atoms with Crippen molar-refractivity contribution in [3.8, 4) is 40.8 Å². The van der Waals surface area contributed by atoms with Crippen LogP contribution in [0.1, 0.15) is 94.2 Å². The van der Waals surface area contributed by atoms with Crippen LogP contribution in [0.5, 0.6) is 17.2 Å². The molecule has 0 aliphatic carbocycles. The third-order valence-corrected chi connectivity index (χ3v) is 16.8. The first-order valence-corrected chi connectivity index (χ1v) is 32.8. The van der Waals surface area contributed by atoms with Gasteiger partial charge >= 0.3 is 29.6 Å². The number of fused-ring (bicyclic) bond motifs is 3. The fraction of sp³-hybridized carbons (Fsp3) is 0.233. The van der Waals surface area contributed by atoms with E-state index in [1.54, 1.807) is 81.8 Å². The third kappa shape index (κ3) is 18.8. The number of carbonyl (C=O) groups excluding carboxylic acids is 7. The van der Waals surface area contributed by atoms with Crippen molar-refractivity contribution in [2.24, 2.45) is 15.4 Å². The summed E-state index contributed by atoms with van der Waals surface area (Å²) in [5, 5.41) is 62.9. The second-order valence-corrected chi connectivity index (χ2v) is 24.0. The molecule has 0 unspecified atom stereocenters. The molecular formula is C73H66N19NaO14. The number of nitrogens with zero attached hydrogens (tertiary/aromatic N) is 15. The largest absolute Gasteiger partial charge is 1.00 e. The summed E-state index contributed by atoms with van der Waals surface area (Å²) < 4.78 is 34.9. The molecule has 4 aromatic heterocycles. The summed E-state index contributed by atoms with van der Waals surface area (Å²) in [6, 6.07) is 50.3. The van der Waals surface area contributed by atoms with Gasteiger partial charge in [-0.2, -0.15) is 15.6 Å². The molecule has 8 heterocycles. The number of rotatable bonds is 19. The van der Waals surface area contributed by atoms with E-state index in [0.29, 0.717) is 107 Å². The monoisotopic (exact) mass is 1460 g/mol. The SMILES string of the molecule is CN1C(=O)[C@@H](NC(=O)c2cc(Cc3ccccc3)on2)COc2ccc(-c3nnnn3CCC#N)cc21.CN1C(=O)[C@@H](NC(=O)c2cc(Cc3ccccc3)on2)COc2ccc(C(=O)NCCC#N)cc21.CN1C(=O)[C@@H](NC(=O)c2cc(Cc3ccccc3)on2)COc2ccc(C3=NN=NC3)cc21.[Na+].[OH-]. The molecule has 4 aliphatic heterocycles. The van der Waals surface area contributed by atoms with E-state index in [-0.39, 0.29) is 109 Å². The number of aromatic nitrogens is 7. The van der Waals surface area contributed by atoms with Gasteiger partial charge in [-0.15, -0.1) is 10.2 Å². The number of amides is 7. The summed E-state index contributed by atoms with van der Waals surface area (Å²) in [5.74, 6) is 0.424. The van der Waals surface area contributed by atoms with E-state index < -0.39 is 41.8 Å². The topological polar surface area (TPSA) is 441 Å². The fourth-order valence-electron chi connectivity index (χ4n) is 11.3. The normalized spacial score (nSPS) is 15.3. The number of tetrazole rings is 1. The Balaban J connectivity index is 0.000000170. The Kier molecular flexibility index (Phi) is 25.7. The zero-order valence-electron chi connectivity index (χ0n) is 58.1. The van der Waals surface area contributed by atoms with E-state index in [4.69, 9.17) is 38.3 Å². The summed E-state index contributed by atoms with van der Waals surface area (Å²) in [5.41, 5.74) is 7.28. The molecule has 0 fully saturated rings. The van der Waals surface area contributed by atoms with Gasteiger partial charge in [0.2, 0.25) is 0 Å². The zero-order chi connectivity index (χ0) is 73.3. The molecule has 14 rings (SSSR count). The van der Waals surface area contributed by atoms with E-state index in [0.717, 1.165) is 22.3 Å². The number of hydrogen-bond acceptors (Lipinski definition) is 25. The Morgan fingerprint density at radius 3 is 1.35 bits per heavy atom. The molecule has 5 N–H and O–H groups in total. The minimum absolute atomic E-state index is 0. The minimum atomic E-state index is -0.970. The number of benzene rings is 6. The molecule has 0 bridgehead atoms. The zero-order valence-corrected chi connectivity index (χ0v) is 60.1. The molecule has 10 aromatic rings. The van der Waals surface area contributed by atoms with Crippen molar-refractivity contribution in [2.45, 2.75) is 56.8 Å². The van der Waals surface area contributed by atoms with Gasteiger partial charge in [0.25, 0.3) is 41.4 Å². The minimum Gasteiger partial charge on any atom is -0.870 e. The summed E-state index contributed by atoms with van der Waals surface area (Å²) in [7, 11) is 4.78. The summed E-state index contributed by atoms with van der Waals surface area (Å²) in [6.45, 7) is 0.785. The van der Waals surface area contributed by atoms with Crippen LogP contribution in [-0.4, -0.2) is 160 Å². The number of nitriles is 2. The van der Waals surface area contributed by atoms with Crippen molar-refractivity contribution < 1.29 is 96.4 Å². The Hall–Kier alpha value is -13.1. The molecule has 33 nitrogen and oxygen atoms in total. The molecule has 3 atom stereocenters. The smallest absolute Gasteiger partial charge is 0.870 e. The van der Waals surface area contributed by atoms with Crippen molar-refractivity contribution in [3.05, 3.63) is 226 Å². The molecule has 538 valence electrons. The van der Waals surface area contributed by atoms with Crippen molar-refractivity contribution in [1.29, 1.82) is 10.5 Å². The number of hydrogen-bond donors (Lipinski definition) is 4. The van der Waals surface area contributed by atoms with Crippen molar-refractivity contribution in [2.75, 3.05) is 68.8 Å². The predicted octanol–water partition coefficient (Wildman–Crippen LogP) is 3.47. The van der Waals surface area contributed by atoms with Gasteiger partial charge in [0.1, 0.15) is 79.0 Å². The number of aryl methyl sites for hydroxylation is 1. The van der Waals surface area contributed by atoms with Gasteiger partial charge in [0.05, 0.1) is 54.3 Å². The van der Waals surface area contributed by atoms with Crippen molar-refractivity contribution in [3.63, 3.8) is 0 Å². The van der Waals surface area contributed by atoms with E-state index >= 15 is 0 Å². The Morgan fingerprint density at radius 2 is 0.925 bits per heavy atom. The maximum absolute atomic E-state index is 13.2. The van der Waals surface area contributed by atoms with Gasteiger partial charge in [-0.3, -0.25) is 33.6 Å². The average molecular weight is 1460 g/mol. The van der Waals surface area contributed by atoms with Crippen molar-refractivity contribution in [1.82, 2.24) is 56.9 Å². The second kappa shape index (κ2) is 35.9. The first kappa shape index (κ1) is 76.6. The second-order valence-electron chi connectivity index (χ2n) is 24.0. The number of carbonyl (C=O) groups is 7. The van der Waals surface area contributed by atoms with Crippen LogP contribution in [0.4, 0.5) is 17.1 Å². The summed E-state index contributed by atoms with van der Waals surface area (Å²) >= 11 is 0. The standard InChI is InChI=1S/C25H22N8O4.C25H23N5O5.C23H20N6O4.Na.H2O/c1-32-21-13-17(23-28-30-31-33(23)11-5-10-26)8-9-22(21)36-15-20(25(32)35)27-24(34)19-14-18(37-29-19)12-16-6-3-2-4-7-16;1-30-21-13-17(23(31)27-11-5-10-26)8-9-22(21)34-15-20(25(30)33)28-24(32)19-14-18(35-29-19)12-16-6-3-2-4-7-16;1-29-20-10-15(18-12-24-28-26-18)7-8-21(20)32-13-19(23(29)31)25-22(30)17-11-16(33-27-17)9-14-5-3-2-4-6-14;;/h2-4,6-9,13-14,20H,5,11-12,15H2,1H3,(H,27,34);2-4,6-9,13-14,20H,5,11-12,15H2,1H3,(H,27,31)(H,28,32);2-8,10-11,19H,9,12-13H2,1H3,(H,25,30);;1H2/q;;;+1;/p-1/t2*20-;19-;;/m000../s1. The molecule has 0 saturated heterocycles. The molecule has 6 aromatic carbocycles. The average Bonchev–Trinajstić information content (AvgIpc) is 1.72. The fourth-order valence-corrected chi connectivity index (χ4v) is 11.3. The van der Waals surface area contributed by atoms with Crippen molar-refractivity contribution >= 4 is 64.1 Å². The van der Waals surface area contributed by atoms with Crippen LogP contribution >= 0.6 is 0 Å². The molecule has 0 radical (unpaired) electrons. The predicted molar refractivity (Wildman–Crippen MR) is 375 cm³/mol. The first-order chi connectivity index (χ1) is 51.1. The Bertz CT molecular complexity index is 5010. The van der Waals surface area contributed by atoms with Gasteiger partial charge in [0, 0.05) is 81.8 Å². The van der Waals surface area contributed by atoms with Crippen LogP contribution in [0, 0.1) is 22.7 Å². The van der Waals surface area contributed by atoms with Gasteiger partial charge in [-0.1, -0.05) is 106 Å². The maximum Gasteiger partial charge on any atom is 1.00 e.